The number of allylic oxidation sites excluding steroid dienone is 3. The zero-order valence-electron chi connectivity index (χ0n) is 18.3. The predicted molar refractivity (Wildman–Crippen MR) is 121 cm³/mol. The Morgan fingerprint density at radius 1 is 1.18 bits per heavy atom. The monoisotopic (exact) mass is 389 g/mol. The number of amides is 1. The number of methoxy groups -OCH3 is 1. The second kappa shape index (κ2) is 23.8. The highest BCUT2D eigenvalue weighted by molar-refractivity contribution is 6.19. The normalized spacial score (nSPS) is 10.1. The number of Topliss-reactive ketones (excluding diaryl/α,β-unsaturated/α-hetero) is 1. The Hall–Kier alpha value is -3.20. The fourth-order valence-electron chi connectivity index (χ4n) is 1.27. The van der Waals surface area contributed by atoms with Crippen LogP contribution in [-0.2, 0) is 14.3 Å². The van der Waals surface area contributed by atoms with Crippen LogP contribution in [0, 0.1) is 18.8 Å². The first-order valence-corrected chi connectivity index (χ1v) is 8.61. The largest absolute Gasteiger partial charge is 0.467 e. The molecule has 0 radical (unpaired) electrons. The van der Waals surface area contributed by atoms with Crippen LogP contribution in [0.15, 0.2) is 59.2 Å². The molecule has 0 rings (SSSR count). The Bertz CT molecular complexity index is 593. The number of ketones is 1. The van der Waals surface area contributed by atoms with E-state index in [1.54, 1.807) is 33.2 Å². The molecule has 28 heavy (non-hydrogen) atoms. The first-order valence-electron chi connectivity index (χ1n) is 8.61. The highest BCUT2D eigenvalue weighted by Gasteiger charge is 2.18. The summed E-state index contributed by atoms with van der Waals surface area (Å²) in [6.45, 7) is 19.7. The van der Waals surface area contributed by atoms with Crippen molar-refractivity contribution in [1.82, 2.24) is 5.32 Å². The lowest BCUT2D eigenvalue weighted by Crippen LogP contribution is -2.28. The summed E-state index contributed by atoms with van der Waals surface area (Å²) in [5.41, 5.74) is 0.435. The minimum Gasteiger partial charge on any atom is -0.467 e. The van der Waals surface area contributed by atoms with E-state index in [1.165, 1.54) is 19.3 Å². The maximum Gasteiger partial charge on any atom is 0.310 e. The minimum atomic E-state index is -0.508. The van der Waals surface area contributed by atoms with Crippen molar-refractivity contribution in [2.45, 2.75) is 34.6 Å². The lowest BCUT2D eigenvalue weighted by molar-refractivity contribution is -0.123. The summed E-state index contributed by atoms with van der Waals surface area (Å²) in [7, 11) is 3.17. The molecular formula is C22H35N3O3. The number of aliphatic imine (C=N–C) groups is 2. The van der Waals surface area contributed by atoms with Crippen LogP contribution in [0.2, 0.25) is 0 Å². The highest BCUT2D eigenvalue weighted by Crippen LogP contribution is 2.05. The van der Waals surface area contributed by atoms with E-state index in [0.717, 1.165) is 0 Å². The van der Waals surface area contributed by atoms with E-state index in [0.29, 0.717) is 11.7 Å². The second-order valence-electron chi connectivity index (χ2n) is 4.61. The molecule has 0 aromatic heterocycles. The molecular weight excluding hydrogens is 354 g/mol. The molecule has 6 heteroatoms. The number of amidine groups is 1. The van der Waals surface area contributed by atoms with Crippen LogP contribution in [-0.4, -0.2) is 38.1 Å². The third kappa shape index (κ3) is 17.6. The van der Waals surface area contributed by atoms with Crippen molar-refractivity contribution in [3.05, 3.63) is 49.2 Å². The molecule has 1 N–H and O–H groups in total. The van der Waals surface area contributed by atoms with Crippen molar-refractivity contribution in [3.8, 4) is 12.8 Å². The van der Waals surface area contributed by atoms with E-state index >= 15 is 0 Å². The SMILES string of the molecule is C#C.C/C=N\C(=NC)OC.C=C/C=C(\C=C)NC(=O)C(=C)C(=O)C(C)C.CC. The Kier molecular flexibility index (Phi) is 27.6. The first kappa shape index (κ1) is 32.5. The molecule has 156 valence electrons. The van der Waals surface area contributed by atoms with Crippen LogP contribution in [0.4, 0.5) is 0 Å². The van der Waals surface area contributed by atoms with E-state index in [4.69, 9.17) is 4.74 Å². The van der Waals surface area contributed by atoms with Crippen molar-refractivity contribution in [3.63, 3.8) is 0 Å². The zero-order valence-corrected chi connectivity index (χ0v) is 18.3. The van der Waals surface area contributed by atoms with Gasteiger partial charge in [-0.05, 0) is 19.1 Å². The fraction of sp³-hybridized carbons (Fsp3) is 0.364. The van der Waals surface area contributed by atoms with Gasteiger partial charge in [0, 0.05) is 24.9 Å². The Labute approximate surface area is 170 Å². The highest BCUT2D eigenvalue weighted by atomic mass is 16.5. The van der Waals surface area contributed by atoms with Gasteiger partial charge in [-0.1, -0.05) is 53.5 Å². The Morgan fingerprint density at radius 3 is 1.93 bits per heavy atom. The van der Waals surface area contributed by atoms with Gasteiger partial charge in [0.2, 0.25) is 0 Å². The van der Waals surface area contributed by atoms with Gasteiger partial charge in [0.25, 0.3) is 5.91 Å². The van der Waals surface area contributed by atoms with Crippen LogP contribution in [0.5, 0.6) is 0 Å². The molecule has 0 unspecified atom stereocenters. The standard InChI is InChI=1S/C13H17NO2.C5H10N2O.C2H6.C2H2/c1-6-8-11(7-2)14-13(16)10(5)12(15)9(3)4;1-4-7-5(6-2)8-3;2*1-2/h6-9H,1-2,5H2,3-4H3,(H,14,16);4H,1-3H3;1-2H3;1-2H/b11-8+;6-5?,7-4-;;. The first-order chi connectivity index (χ1) is 13.3. The summed E-state index contributed by atoms with van der Waals surface area (Å²) in [6.07, 6.45) is 14.2. The topological polar surface area (TPSA) is 80.1 Å². The van der Waals surface area contributed by atoms with Crippen LogP contribution in [0.25, 0.3) is 0 Å². The number of rotatable bonds is 6. The molecule has 0 aliphatic rings. The van der Waals surface area contributed by atoms with Crippen molar-refractivity contribution in [2.75, 3.05) is 14.2 Å². The van der Waals surface area contributed by atoms with Crippen molar-refractivity contribution in [2.24, 2.45) is 15.9 Å². The van der Waals surface area contributed by atoms with Gasteiger partial charge < -0.3 is 10.1 Å². The quantitative estimate of drug-likeness (QED) is 0.141. The second-order valence-corrected chi connectivity index (χ2v) is 4.61. The number of carbonyl (C=O) groups excluding carboxylic acids is 2. The minimum absolute atomic E-state index is 0.0492. The van der Waals surface area contributed by atoms with Crippen LogP contribution in [0.3, 0.4) is 0 Å². The van der Waals surface area contributed by atoms with E-state index in [1.807, 2.05) is 20.8 Å². The molecule has 0 bridgehead atoms. The van der Waals surface area contributed by atoms with Crippen LogP contribution >= 0.6 is 0 Å². The van der Waals surface area contributed by atoms with Gasteiger partial charge in [-0.2, -0.15) is 0 Å². The van der Waals surface area contributed by atoms with Gasteiger partial charge in [-0.3, -0.25) is 9.59 Å². The lowest BCUT2D eigenvalue weighted by atomic mass is 10.0. The molecule has 0 fully saturated rings. The molecule has 0 aromatic rings. The summed E-state index contributed by atoms with van der Waals surface area (Å²) in [5.74, 6) is -1.01. The summed E-state index contributed by atoms with van der Waals surface area (Å²) in [5, 5.41) is 2.52. The number of nitrogens with zero attached hydrogens (tertiary/aromatic N) is 2. The molecule has 1 amide bonds. The van der Waals surface area contributed by atoms with Gasteiger partial charge in [0.15, 0.2) is 5.78 Å². The molecule has 0 saturated carbocycles. The molecule has 0 aliphatic heterocycles. The number of terminal acetylenes is 1. The third-order valence-corrected chi connectivity index (χ3v) is 2.48. The average Bonchev–Trinajstić information content (AvgIpc) is 2.73. The van der Waals surface area contributed by atoms with Crippen LogP contribution in [0.1, 0.15) is 34.6 Å². The predicted octanol–water partition coefficient (Wildman–Crippen LogP) is 4.12. The van der Waals surface area contributed by atoms with Crippen molar-refractivity contribution in [1.29, 1.82) is 0 Å². The number of carbonyl (C=O) groups is 2. The maximum absolute atomic E-state index is 11.6. The molecule has 0 saturated heterocycles. The molecule has 0 atom stereocenters. The van der Waals surface area contributed by atoms with Gasteiger partial charge in [-0.25, -0.2) is 9.98 Å². The fourth-order valence-corrected chi connectivity index (χ4v) is 1.27. The smallest absolute Gasteiger partial charge is 0.310 e. The van der Waals surface area contributed by atoms with E-state index in [-0.39, 0.29) is 17.3 Å². The third-order valence-electron chi connectivity index (χ3n) is 2.48. The molecule has 0 heterocycles. The van der Waals surface area contributed by atoms with Gasteiger partial charge in [0.1, 0.15) is 0 Å². The summed E-state index contributed by atoms with van der Waals surface area (Å²) in [4.78, 5) is 30.5. The Morgan fingerprint density at radius 2 is 1.68 bits per heavy atom. The Balaban J connectivity index is -0.000000201. The maximum atomic E-state index is 11.6. The van der Waals surface area contributed by atoms with E-state index < -0.39 is 5.91 Å². The average molecular weight is 390 g/mol. The molecule has 0 aromatic carbocycles. The van der Waals surface area contributed by atoms with Gasteiger partial charge in [-0.15, -0.1) is 12.8 Å². The number of nitrogens with one attached hydrogen (secondary N) is 1. The molecule has 6 nitrogen and oxygen atoms in total. The number of hydrogen-bond donors (Lipinski definition) is 1. The van der Waals surface area contributed by atoms with Crippen LogP contribution < -0.4 is 5.32 Å². The van der Waals surface area contributed by atoms with Gasteiger partial charge >= 0.3 is 6.02 Å². The molecule has 0 spiro atoms. The lowest BCUT2D eigenvalue weighted by Gasteiger charge is -2.08. The summed E-state index contributed by atoms with van der Waals surface area (Å²) < 4.78 is 4.69. The number of hydrogen-bond acceptors (Lipinski definition) is 4. The zero-order chi connectivity index (χ0) is 23.1. The summed E-state index contributed by atoms with van der Waals surface area (Å²) in [6, 6.07) is 0.410. The van der Waals surface area contributed by atoms with Crippen molar-refractivity contribution < 1.29 is 14.3 Å². The summed E-state index contributed by atoms with van der Waals surface area (Å²) >= 11 is 0. The number of ether oxygens (including phenoxy) is 1. The van der Waals surface area contributed by atoms with E-state index in [2.05, 4.69) is 47.9 Å². The molecule has 0 aliphatic carbocycles. The van der Waals surface area contributed by atoms with E-state index in [9.17, 15) is 9.59 Å². The van der Waals surface area contributed by atoms with Crippen molar-refractivity contribution >= 4 is 23.9 Å². The van der Waals surface area contributed by atoms with Gasteiger partial charge in [0.05, 0.1) is 12.7 Å².